The molecule has 0 aliphatic carbocycles. The van der Waals surface area contributed by atoms with Crippen LogP contribution in [-0.2, 0) is 27.8 Å². The van der Waals surface area contributed by atoms with Gasteiger partial charge in [0.05, 0.1) is 23.5 Å². The smallest absolute Gasteiger partial charge is 1.00 e. The first-order valence-electron chi connectivity index (χ1n) is 8.72. The van der Waals surface area contributed by atoms with Crippen LogP contribution < -0.4 is 21.9 Å². The first-order chi connectivity index (χ1) is 14.2. The van der Waals surface area contributed by atoms with Crippen LogP contribution in [0.2, 0.25) is 10.0 Å². The predicted octanol–water partition coefficient (Wildman–Crippen LogP) is 0.559. The van der Waals surface area contributed by atoms with Crippen LogP contribution in [0.1, 0.15) is 18.1 Å². The largest absolute Gasteiger partial charge is 2.00 e. The van der Waals surface area contributed by atoms with Crippen molar-refractivity contribution >= 4 is 74.9 Å². The van der Waals surface area contributed by atoms with Gasteiger partial charge in [0.1, 0.15) is 10.6 Å². The molecule has 0 saturated carbocycles. The average molecular weight is 565 g/mol. The molecular weight excluding hydrogens is 551 g/mol. The molecule has 1 aliphatic heterocycles. The van der Waals surface area contributed by atoms with E-state index in [4.69, 9.17) is 28.5 Å². The zero-order chi connectivity index (χ0) is 21.6. The van der Waals surface area contributed by atoms with Gasteiger partial charge in [0.15, 0.2) is 0 Å². The van der Waals surface area contributed by atoms with Crippen molar-refractivity contribution in [1.29, 1.82) is 5.26 Å². The number of imidazole rings is 1. The van der Waals surface area contributed by atoms with Crippen LogP contribution in [-0.4, -0.2) is 47.3 Å². The van der Waals surface area contributed by atoms with Gasteiger partial charge in [-0.1, -0.05) is 35.3 Å². The summed E-state index contributed by atoms with van der Waals surface area (Å²) in [6.07, 6.45) is 1.40. The minimum absolute atomic E-state index is 0. The second-order valence-corrected chi connectivity index (χ2v) is 8.75. The summed E-state index contributed by atoms with van der Waals surface area (Å²) in [5, 5.41) is 9.55. The number of aromatic nitrogens is 2. The zero-order valence-corrected chi connectivity index (χ0v) is 21.9. The van der Waals surface area contributed by atoms with Gasteiger partial charge in [-0.25, -0.2) is 9.88 Å². The van der Waals surface area contributed by atoms with Crippen LogP contribution in [0.3, 0.4) is 0 Å². The van der Waals surface area contributed by atoms with Crippen LogP contribution in [0.15, 0.2) is 53.7 Å². The van der Waals surface area contributed by atoms with Crippen LogP contribution in [0, 0.1) is 11.3 Å². The Labute approximate surface area is 223 Å². The molecule has 2 aromatic carbocycles. The fourth-order valence-corrected chi connectivity index (χ4v) is 4.73. The van der Waals surface area contributed by atoms with E-state index in [9.17, 15) is 13.6 Å². The third kappa shape index (κ3) is 4.61. The normalized spacial score (nSPS) is 17.7. The first-order valence-corrected chi connectivity index (χ1v) is 10.5. The Morgan fingerprint density at radius 1 is 1.19 bits per heavy atom. The maximum absolute atomic E-state index is 13.6. The second kappa shape index (κ2) is 10.2. The molecule has 0 saturated heterocycles. The van der Waals surface area contributed by atoms with E-state index in [1.807, 2.05) is 6.07 Å². The summed E-state index contributed by atoms with van der Waals surface area (Å²) >= 11 is 9.62. The summed E-state index contributed by atoms with van der Waals surface area (Å²) in [6.45, 7) is 1.65. The van der Waals surface area contributed by atoms with Gasteiger partial charge < -0.3 is 21.5 Å². The fraction of sp³-hybridized carbons (Fsp3) is 0.150. The monoisotopic (exact) mass is 562 g/mol. The van der Waals surface area contributed by atoms with E-state index in [0.29, 0.717) is 21.3 Å². The first kappa shape index (κ1) is 26.8. The van der Waals surface area contributed by atoms with Crippen molar-refractivity contribution in [1.82, 2.24) is 9.55 Å². The zero-order valence-electron chi connectivity index (χ0n) is 16.6. The molecule has 7 nitrogen and oxygen atoms in total. The Morgan fingerprint density at radius 3 is 2.31 bits per heavy atom. The number of nitrogens with zero attached hydrogens (tertiary/aromatic N) is 4. The summed E-state index contributed by atoms with van der Waals surface area (Å²) in [7, 11) is 0. The van der Waals surface area contributed by atoms with Gasteiger partial charge in [-0.2, -0.15) is 5.26 Å². The van der Waals surface area contributed by atoms with Gasteiger partial charge in [0, 0.05) is 16.5 Å². The Bertz CT molecular complexity index is 1230. The van der Waals surface area contributed by atoms with Crippen molar-refractivity contribution in [2.45, 2.75) is 23.9 Å². The summed E-state index contributed by atoms with van der Waals surface area (Å²) in [5.41, 5.74) is 0.361. The van der Waals surface area contributed by atoms with Gasteiger partial charge >= 0.3 is 23.1 Å². The molecule has 0 spiro atoms. The maximum atomic E-state index is 13.6. The number of carbonyl (C=O) groups excluding carboxylic acids is 1. The maximum Gasteiger partial charge on any atom is 2.00 e. The summed E-state index contributed by atoms with van der Waals surface area (Å²) in [4.78, 5) is 19.1. The summed E-state index contributed by atoms with van der Waals surface area (Å²) in [5.74, 6) is -0.214. The number of rotatable bonds is 4. The van der Waals surface area contributed by atoms with E-state index in [0.717, 1.165) is 5.56 Å². The van der Waals surface area contributed by atoms with E-state index >= 15 is 0 Å². The molecule has 12 heteroatoms. The van der Waals surface area contributed by atoms with Crippen LogP contribution in [0.5, 0.6) is 0 Å². The molecule has 3 aromatic rings. The van der Waals surface area contributed by atoms with Crippen molar-refractivity contribution in [3.63, 3.8) is 0 Å². The molecule has 4 rings (SSSR count). The molecule has 160 valence electrons. The number of hydrogen-bond donors (Lipinski definition) is 0. The van der Waals surface area contributed by atoms with Gasteiger partial charge in [-0.15, -0.1) is 0 Å². The summed E-state index contributed by atoms with van der Waals surface area (Å²) < 4.78 is 25.1. The summed E-state index contributed by atoms with van der Waals surface area (Å²) in [6, 6.07) is 13.5. The van der Waals surface area contributed by atoms with Crippen LogP contribution in [0.25, 0.3) is 0 Å². The van der Waals surface area contributed by atoms with Crippen molar-refractivity contribution in [3.05, 3.63) is 69.8 Å². The molecule has 1 unspecified atom stereocenters. The van der Waals surface area contributed by atoms with Gasteiger partial charge in [-0.3, -0.25) is 13.6 Å². The van der Waals surface area contributed by atoms with E-state index in [1.54, 1.807) is 43.3 Å². The molecule has 0 fully saturated rings. The van der Waals surface area contributed by atoms with E-state index in [1.165, 1.54) is 21.7 Å². The third-order valence-electron chi connectivity index (χ3n) is 4.98. The molecule has 0 radical (unpaired) electrons. The number of halogens is 3. The minimum atomic E-state index is -2.61. The molecule has 0 bridgehead atoms. The molecule has 2 atom stereocenters. The Hall–Kier alpha value is -1.45. The number of anilines is 2. The van der Waals surface area contributed by atoms with Gasteiger partial charge in [0.2, 0.25) is 5.95 Å². The molecular formula is C20H13BrCl2MgN4O3S. The van der Waals surface area contributed by atoms with Crippen molar-refractivity contribution in [3.8, 4) is 6.07 Å². The molecule has 0 N–H and O–H groups in total. The van der Waals surface area contributed by atoms with Crippen molar-refractivity contribution in [2.24, 2.45) is 0 Å². The number of amides is 1. The third-order valence-corrected chi connectivity index (χ3v) is 6.04. The van der Waals surface area contributed by atoms with Crippen molar-refractivity contribution < 1.29 is 30.5 Å². The van der Waals surface area contributed by atoms with Crippen molar-refractivity contribution in [2.75, 3.05) is 4.90 Å². The van der Waals surface area contributed by atoms with E-state index in [2.05, 4.69) is 4.98 Å². The standard InChI is InChI=1S/C20H14Cl2N4O3S.BrH.Mg/c1-20(9-12-2-4-13(10-23)5-3-12)18(27)25(16-7-14(21)6-15(22)8-16)19-24-11-17(26(19)20)30(28)29;;/h2-8,11H,9H2,1H3,(H,28,29);1H;/q;;+2/p-2/t20-;;/m1../s1. The molecule has 1 amide bonds. The van der Waals surface area contributed by atoms with E-state index in [-0.39, 0.29) is 63.3 Å². The number of carbonyl (C=O) groups is 1. The molecule has 1 aromatic heterocycles. The van der Waals surface area contributed by atoms with Gasteiger partial charge in [0.25, 0.3) is 5.91 Å². The van der Waals surface area contributed by atoms with Gasteiger partial charge in [-0.05, 0) is 53.9 Å². The number of nitriles is 1. The quantitative estimate of drug-likeness (QED) is 0.341. The Morgan fingerprint density at radius 2 is 1.78 bits per heavy atom. The Kier molecular flexibility index (Phi) is 8.55. The topological polar surface area (TPSA) is 102 Å². The second-order valence-electron chi connectivity index (χ2n) is 6.99. The Balaban J connectivity index is 0.00000181. The predicted molar refractivity (Wildman–Crippen MR) is 117 cm³/mol. The average Bonchev–Trinajstić information content (AvgIpc) is 3.21. The van der Waals surface area contributed by atoms with Crippen LogP contribution in [0.4, 0.5) is 11.6 Å². The fourth-order valence-electron chi connectivity index (χ4n) is 3.64. The van der Waals surface area contributed by atoms with Crippen LogP contribution >= 0.6 is 23.2 Å². The molecule has 1 aliphatic rings. The number of fused-ring (bicyclic) bond motifs is 1. The number of benzene rings is 2. The minimum Gasteiger partial charge on any atom is -1.00 e. The SMILES string of the molecule is C[C@@]1(Cc2ccc(C#N)cc2)C(=O)N(c2cc(Cl)cc(Cl)c2)c2ncc(S(=O)[O-])n21.[Br-].[Mg+2]. The number of hydrogen-bond acceptors (Lipinski definition) is 5. The molecule has 2 heterocycles. The molecule has 32 heavy (non-hydrogen) atoms. The van der Waals surface area contributed by atoms with E-state index < -0.39 is 16.6 Å².